The highest BCUT2D eigenvalue weighted by atomic mass is 16.5. The minimum absolute atomic E-state index is 0.0433. The zero-order valence-electron chi connectivity index (χ0n) is 22.5. The van der Waals surface area contributed by atoms with Crippen LogP contribution >= 0.6 is 0 Å². The number of hydrogen-bond acceptors (Lipinski definition) is 10. The molecule has 0 aliphatic carbocycles. The number of methoxy groups -OCH3 is 1. The van der Waals surface area contributed by atoms with Gasteiger partial charge in [-0.15, -0.1) is 0 Å². The molecule has 3 rings (SSSR count). The molecule has 0 radical (unpaired) electrons. The van der Waals surface area contributed by atoms with E-state index in [4.69, 9.17) is 18.9 Å². The minimum atomic E-state index is -0.532. The average molecular weight is 535 g/mol. The Balaban J connectivity index is 1.63. The van der Waals surface area contributed by atoms with E-state index in [1.807, 2.05) is 13.0 Å². The summed E-state index contributed by atoms with van der Waals surface area (Å²) in [7, 11) is 1.49. The molecular formula is C28H42N2O8. The van der Waals surface area contributed by atoms with Gasteiger partial charge in [0.05, 0.1) is 31.5 Å². The normalized spacial score (nSPS) is 20.2. The van der Waals surface area contributed by atoms with E-state index in [0.29, 0.717) is 62.6 Å². The first kappa shape index (κ1) is 29.8. The SMILES string of the molecule is CCNCCOc1cc([C@H]2C[C@@H](O)C[C@H](CCc3ccc(O)c(OCNC[C@H](C)O)c3)O2)cc(OC)c1O. The van der Waals surface area contributed by atoms with E-state index < -0.39 is 12.2 Å². The van der Waals surface area contributed by atoms with Crippen LogP contribution in [0.4, 0.5) is 0 Å². The van der Waals surface area contributed by atoms with Gasteiger partial charge >= 0.3 is 0 Å². The first-order chi connectivity index (χ1) is 18.3. The monoisotopic (exact) mass is 534 g/mol. The lowest BCUT2D eigenvalue weighted by molar-refractivity contribution is -0.0999. The highest BCUT2D eigenvalue weighted by molar-refractivity contribution is 5.53. The standard InChI is InChI=1S/C28H42N2O8/c1-4-29-9-10-36-27-13-20(12-26(35-3)28(27)34)24-15-21(32)14-22(38-24)7-5-19-6-8-23(33)25(11-19)37-17-30-16-18(2)31/h6,8,11-13,18,21-22,24,29-34H,4-5,7,9-10,14-17H2,1-3H3/t18-,21-,22-,24+/m0/s1. The predicted octanol–water partition coefficient (Wildman–Crippen LogP) is 2.62. The number of phenolic OH excluding ortho intramolecular Hbond substituents is 2. The zero-order chi connectivity index (χ0) is 27.5. The second-order valence-electron chi connectivity index (χ2n) is 9.58. The second-order valence-corrected chi connectivity index (χ2v) is 9.58. The van der Waals surface area contributed by atoms with Crippen molar-refractivity contribution >= 4 is 0 Å². The lowest BCUT2D eigenvalue weighted by atomic mass is 9.93. The molecule has 0 spiro atoms. The third kappa shape index (κ3) is 8.92. The molecule has 1 saturated heterocycles. The zero-order valence-corrected chi connectivity index (χ0v) is 22.5. The van der Waals surface area contributed by atoms with Gasteiger partial charge < -0.3 is 44.7 Å². The van der Waals surface area contributed by atoms with Crippen molar-refractivity contribution in [3.8, 4) is 28.7 Å². The van der Waals surface area contributed by atoms with Crippen molar-refractivity contribution in [2.75, 3.05) is 40.1 Å². The molecule has 0 saturated carbocycles. The Morgan fingerprint density at radius 2 is 1.84 bits per heavy atom. The Kier molecular flexibility index (Phi) is 11.8. The number of likely N-dealkylation sites (N-methyl/N-ethyl adjacent to an activating group) is 1. The van der Waals surface area contributed by atoms with Gasteiger partial charge in [-0.1, -0.05) is 13.0 Å². The van der Waals surface area contributed by atoms with E-state index in [1.165, 1.54) is 7.11 Å². The van der Waals surface area contributed by atoms with E-state index in [-0.39, 0.29) is 30.4 Å². The molecule has 1 fully saturated rings. The number of aryl methyl sites for hydroxylation is 1. The van der Waals surface area contributed by atoms with Crippen molar-refractivity contribution < 1.29 is 39.4 Å². The van der Waals surface area contributed by atoms with Gasteiger partial charge in [0.1, 0.15) is 13.3 Å². The molecule has 0 bridgehead atoms. The number of nitrogens with one attached hydrogen (secondary N) is 2. The molecule has 1 aliphatic rings. The molecule has 38 heavy (non-hydrogen) atoms. The fourth-order valence-electron chi connectivity index (χ4n) is 4.41. The lowest BCUT2D eigenvalue weighted by Gasteiger charge is -2.34. The summed E-state index contributed by atoms with van der Waals surface area (Å²) in [5, 5.41) is 46.7. The number of phenols is 2. The quantitative estimate of drug-likeness (QED) is 0.149. The lowest BCUT2D eigenvalue weighted by Crippen LogP contribution is -2.31. The maximum atomic E-state index is 10.6. The van der Waals surface area contributed by atoms with Crippen molar-refractivity contribution in [2.24, 2.45) is 0 Å². The molecule has 0 amide bonds. The van der Waals surface area contributed by atoms with Crippen LogP contribution in [0.25, 0.3) is 0 Å². The Labute approximate surface area is 224 Å². The van der Waals surface area contributed by atoms with Gasteiger partial charge in [-0.2, -0.15) is 0 Å². The summed E-state index contributed by atoms with van der Waals surface area (Å²) in [6, 6.07) is 8.70. The van der Waals surface area contributed by atoms with Gasteiger partial charge in [0.15, 0.2) is 23.0 Å². The van der Waals surface area contributed by atoms with Gasteiger partial charge in [0.25, 0.3) is 0 Å². The van der Waals surface area contributed by atoms with Crippen molar-refractivity contribution in [2.45, 2.75) is 63.9 Å². The first-order valence-electron chi connectivity index (χ1n) is 13.2. The van der Waals surface area contributed by atoms with Crippen LogP contribution in [0.1, 0.15) is 50.3 Å². The van der Waals surface area contributed by atoms with E-state index in [2.05, 4.69) is 10.6 Å². The summed E-state index contributed by atoms with van der Waals surface area (Å²) >= 11 is 0. The van der Waals surface area contributed by atoms with Gasteiger partial charge in [-0.3, -0.25) is 5.32 Å². The van der Waals surface area contributed by atoms with Gasteiger partial charge in [0, 0.05) is 19.5 Å². The molecule has 10 nitrogen and oxygen atoms in total. The minimum Gasteiger partial charge on any atom is -0.504 e. The van der Waals surface area contributed by atoms with Crippen LogP contribution in [0.2, 0.25) is 0 Å². The van der Waals surface area contributed by atoms with Crippen molar-refractivity contribution in [3.63, 3.8) is 0 Å². The Hall–Kier alpha value is -2.76. The maximum Gasteiger partial charge on any atom is 0.200 e. The fraction of sp³-hybridized carbons (Fsp3) is 0.571. The summed E-state index contributed by atoms with van der Waals surface area (Å²) in [4.78, 5) is 0. The highest BCUT2D eigenvalue weighted by Gasteiger charge is 2.30. The number of hydrogen-bond donors (Lipinski definition) is 6. The highest BCUT2D eigenvalue weighted by Crippen LogP contribution is 2.42. The molecule has 6 N–H and O–H groups in total. The largest absolute Gasteiger partial charge is 0.504 e. The van der Waals surface area contributed by atoms with Crippen molar-refractivity contribution in [1.82, 2.24) is 10.6 Å². The number of rotatable bonds is 15. The Morgan fingerprint density at radius 1 is 1.05 bits per heavy atom. The van der Waals surface area contributed by atoms with Crippen LogP contribution in [-0.4, -0.2) is 78.8 Å². The molecular weight excluding hydrogens is 492 g/mol. The van der Waals surface area contributed by atoms with Crippen LogP contribution in [-0.2, 0) is 11.2 Å². The summed E-state index contributed by atoms with van der Waals surface area (Å²) in [5.74, 6) is 0.951. The number of aliphatic hydroxyl groups excluding tert-OH is 2. The van der Waals surface area contributed by atoms with Crippen molar-refractivity contribution in [1.29, 1.82) is 0 Å². The van der Waals surface area contributed by atoms with Crippen LogP contribution in [0.3, 0.4) is 0 Å². The molecule has 2 aromatic carbocycles. The van der Waals surface area contributed by atoms with Gasteiger partial charge in [0.2, 0.25) is 5.75 Å². The molecule has 212 valence electrons. The summed E-state index contributed by atoms with van der Waals surface area (Å²) < 4.78 is 23.1. The average Bonchev–Trinajstić information content (AvgIpc) is 2.89. The number of aromatic hydroxyl groups is 2. The maximum absolute atomic E-state index is 10.6. The third-order valence-corrected chi connectivity index (χ3v) is 6.37. The molecule has 10 heteroatoms. The number of benzene rings is 2. The van der Waals surface area contributed by atoms with E-state index in [1.54, 1.807) is 31.2 Å². The van der Waals surface area contributed by atoms with Crippen molar-refractivity contribution in [3.05, 3.63) is 41.5 Å². The van der Waals surface area contributed by atoms with Gasteiger partial charge in [-0.05, 0) is 68.1 Å². The molecule has 4 atom stereocenters. The van der Waals surface area contributed by atoms with E-state index in [0.717, 1.165) is 17.7 Å². The molecule has 0 aromatic heterocycles. The topological polar surface area (TPSA) is 142 Å². The number of ether oxygens (including phenoxy) is 4. The fourth-order valence-corrected chi connectivity index (χ4v) is 4.41. The first-order valence-corrected chi connectivity index (χ1v) is 13.2. The smallest absolute Gasteiger partial charge is 0.200 e. The van der Waals surface area contributed by atoms with Crippen LogP contribution in [0, 0.1) is 0 Å². The number of aliphatic hydroxyl groups is 2. The summed E-state index contributed by atoms with van der Waals surface area (Å²) in [6.45, 7) is 6.10. The van der Waals surface area contributed by atoms with Gasteiger partial charge in [-0.25, -0.2) is 0 Å². The van der Waals surface area contributed by atoms with E-state index >= 15 is 0 Å². The van der Waals surface area contributed by atoms with Crippen LogP contribution < -0.4 is 24.8 Å². The summed E-state index contributed by atoms with van der Waals surface area (Å²) in [6.07, 6.45) is 0.688. The van der Waals surface area contributed by atoms with Crippen LogP contribution in [0.15, 0.2) is 30.3 Å². The molecule has 1 aliphatic heterocycles. The Bertz CT molecular complexity index is 1000. The Morgan fingerprint density at radius 3 is 2.58 bits per heavy atom. The van der Waals surface area contributed by atoms with E-state index in [9.17, 15) is 20.4 Å². The predicted molar refractivity (Wildman–Crippen MR) is 143 cm³/mol. The molecule has 2 aromatic rings. The molecule has 1 heterocycles. The molecule has 0 unspecified atom stereocenters. The second kappa shape index (κ2) is 15.0. The summed E-state index contributed by atoms with van der Waals surface area (Å²) in [5.41, 5.74) is 1.74. The third-order valence-electron chi connectivity index (χ3n) is 6.37. The van der Waals surface area contributed by atoms with Crippen LogP contribution in [0.5, 0.6) is 28.7 Å².